The van der Waals surface area contributed by atoms with Gasteiger partial charge in [0.1, 0.15) is 9.52 Å². The van der Waals surface area contributed by atoms with E-state index in [-0.39, 0.29) is 5.29 Å². The van der Waals surface area contributed by atoms with Gasteiger partial charge in [0.2, 0.25) is 0 Å². The molecule has 0 aliphatic carbocycles. The third kappa shape index (κ3) is 4.28. The van der Waals surface area contributed by atoms with E-state index in [1.54, 1.807) is 0 Å². The lowest BCUT2D eigenvalue weighted by Gasteiger charge is -2.48. The fourth-order valence-corrected chi connectivity index (χ4v) is 4.97. The summed E-state index contributed by atoms with van der Waals surface area (Å²) in [6.07, 6.45) is 1.93. The topological polar surface area (TPSA) is 6.48 Å². The third-order valence-electron chi connectivity index (χ3n) is 4.26. The van der Waals surface area contributed by atoms with Crippen molar-refractivity contribution >= 4 is 20.8 Å². The van der Waals surface area contributed by atoms with Gasteiger partial charge in [-0.25, -0.2) is 0 Å². The molecule has 0 fully saturated rings. The molecule has 3 heteroatoms. The van der Waals surface area contributed by atoms with Gasteiger partial charge in [0.25, 0.3) is 0 Å². The second-order valence-electron chi connectivity index (χ2n) is 5.32. The van der Waals surface area contributed by atoms with Crippen LogP contribution in [0.1, 0.15) is 40.2 Å². The molecular weight excluding hydrogens is 272 g/mol. The Kier molecular flexibility index (Phi) is 7.36. The van der Waals surface area contributed by atoms with Gasteiger partial charge in [0.05, 0.1) is 5.29 Å². The lowest BCUT2D eigenvalue weighted by Crippen LogP contribution is -2.64. The molecule has 0 saturated carbocycles. The summed E-state index contributed by atoms with van der Waals surface area (Å²) in [5, 5.41) is 1.50. The van der Waals surface area contributed by atoms with Crippen molar-refractivity contribution in [2.45, 2.75) is 39.9 Å². The van der Waals surface area contributed by atoms with E-state index < -0.39 is 0 Å². The molecule has 0 spiro atoms. The van der Waals surface area contributed by atoms with Gasteiger partial charge < -0.3 is 0 Å². The third-order valence-corrected chi connectivity index (χ3v) is 5.97. The molecule has 0 bridgehead atoms. The van der Waals surface area contributed by atoms with E-state index in [0.29, 0.717) is 0 Å². The highest BCUT2D eigenvalue weighted by Crippen LogP contribution is 2.19. The van der Waals surface area contributed by atoms with Gasteiger partial charge in [0.15, 0.2) is 0 Å². The normalized spacial score (nSPS) is 12.1. The molecule has 21 heavy (non-hydrogen) atoms. The number of hydrogen-bond donors (Lipinski definition) is 0. The lowest BCUT2D eigenvalue weighted by molar-refractivity contribution is 0.0313. The highest BCUT2D eigenvalue weighted by atomic mass is 28.2. The standard InChI is InChI=1S/C18H30N2Si/c1-7-16-13-12-14-17(15-16)21-18(6,19(8-2)9-3)20(10-4)11-5/h7,12-15H,1,8-11H2,2-6H3. The summed E-state index contributed by atoms with van der Waals surface area (Å²) in [6.45, 7) is 19.6. The summed E-state index contributed by atoms with van der Waals surface area (Å²) in [6, 6.07) is 8.78. The molecule has 0 heterocycles. The van der Waals surface area contributed by atoms with Crippen molar-refractivity contribution in [3.05, 3.63) is 36.4 Å². The number of nitrogens with zero attached hydrogens (tertiary/aromatic N) is 2. The van der Waals surface area contributed by atoms with E-state index in [1.807, 2.05) is 6.08 Å². The molecule has 0 atom stereocenters. The zero-order valence-electron chi connectivity index (χ0n) is 14.3. The maximum atomic E-state index is 3.89. The fraction of sp³-hybridized carbons (Fsp3) is 0.556. The molecule has 2 nitrogen and oxygen atoms in total. The Morgan fingerprint density at radius 1 is 1.05 bits per heavy atom. The first-order valence-electron chi connectivity index (χ1n) is 8.06. The molecule has 0 aromatic heterocycles. The Hall–Kier alpha value is -0.903. The van der Waals surface area contributed by atoms with E-state index >= 15 is 0 Å². The van der Waals surface area contributed by atoms with E-state index in [9.17, 15) is 0 Å². The average Bonchev–Trinajstić information content (AvgIpc) is 2.49. The van der Waals surface area contributed by atoms with Gasteiger partial charge in [-0.2, -0.15) is 0 Å². The van der Waals surface area contributed by atoms with Crippen LogP contribution in [-0.4, -0.2) is 50.8 Å². The quantitative estimate of drug-likeness (QED) is 0.511. The fourth-order valence-electron chi connectivity index (χ4n) is 3.05. The number of benzene rings is 1. The van der Waals surface area contributed by atoms with Gasteiger partial charge in [-0.05, 0) is 38.7 Å². The van der Waals surface area contributed by atoms with Crippen LogP contribution in [0, 0.1) is 0 Å². The van der Waals surface area contributed by atoms with E-state index in [1.165, 1.54) is 10.8 Å². The molecule has 2 radical (unpaired) electrons. The maximum absolute atomic E-state index is 3.89. The van der Waals surface area contributed by atoms with Crippen molar-refractivity contribution in [1.82, 2.24) is 9.80 Å². The van der Waals surface area contributed by atoms with Crippen LogP contribution in [0.2, 0.25) is 0 Å². The predicted octanol–water partition coefficient (Wildman–Crippen LogP) is 3.02. The van der Waals surface area contributed by atoms with Crippen molar-refractivity contribution in [2.75, 3.05) is 26.2 Å². The van der Waals surface area contributed by atoms with Gasteiger partial charge in [0, 0.05) is 0 Å². The van der Waals surface area contributed by atoms with Gasteiger partial charge in [-0.3, -0.25) is 9.80 Å². The van der Waals surface area contributed by atoms with Crippen molar-refractivity contribution in [3.63, 3.8) is 0 Å². The van der Waals surface area contributed by atoms with Crippen LogP contribution in [0.15, 0.2) is 30.8 Å². The summed E-state index contributed by atoms with van der Waals surface area (Å²) in [4.78, 5) is 5.16. The lowest BCUT2D eigenvalue weighted by atomic mass is 10.2. The summed E-state index contributed by atoms with van der Waals surface area (Å²) in [7, 11) is 0.740. The zero-order chi connectivity index (χ0) is 15.9. The number of rotatable bonds is 9. The monoisotopic (exact) mass is 302 g/mol. The van der Waals surface area contributed by atoms with Crippen LogP contribution in [0.4, 0.5) is 0 Å². The molecule has 0 N–H and O–H groups in total. The Bertz CT molecular complexity index is 425. The summed E-state index contributed by atoms with van der Waals surface area (Å²) in [5.74, 6) is 0. The first-order valence-corrected chi connectivity index (χ1v) is 9.06. The Labute approximate surface area is 133 Å². The highest BCUT2D eigenvalue weighted by molar-refractivity contribution is 6.56. The van der Waals surface area contributed by atoms with Crippen LogP contribution in [0.25, 0.3) is 6.08 Å². The zero-order valence-corrected chi connectivity index (χ0v) is 15.3. The smallest absolute Gasteiger partial charge is 0.127 e. The highest BCUT2D eigenvalue weighted by Gasteiger charge is 2.35. The second-order valence-corrected chi connectivity index (χ2v) is 7.09. The molecule has 0 aliphatic rings. The Balaban J connectivity index is 3.14. The van der Waals surface area contributed by atoms with Gasteiger partial charge in [-0.1, -0.05) is 69.8 Å². The molecule has 1 aromatic carbocycles. The van der Waals surface area contributed by atoms with Crippen LogP contribution >= 0.6 is 0 Å². The molecular formula is C18H30N2Si. The average molecular weight is 303 g/mol. The molecule has 1 rings (SSSR count). The van der Waals surface area contributed by atoms with Crippen molar-refractivity contribution in [2.24, 2.45) is 0 Å². The summed E-state index contributed by atoms with van der Waals surface area (Å²) >= 11 is 0. The van der Waals surface area contributed by atoms with Crippen molar-refractivity contribution in [1.29, 1.82) is 0 Å². The minimum Gasteiger partial charge on any atom is -0.289 e. The molecule has 0 amide bonds. The van der Waals surface area contributed by atoms with E-state index in [2.05, 4.69) is 75.3 Å². The first kappa shape index (κ1) is 18.1. The minimum absolute atomic E-state index is 0.0901. The Morgan fingerprint density at radius 3 is 2.00 bits per heavy atom. The minimum atomic E-state index is 0.0901. The van der Waals surface area contributed by atoms with Crippen LogP contribution in [0.5, 0.6) is 0 Å². The molecule has 0 saturated heterocycles. The van der Waals surface area contributed by atoms with E-state index in [4.69, 9.17) is 0 Å². The van der Waals surface area contributed by atoms with Crippen molar-refractivity contribution in [3.8, 4) is 0 Å². The van der Waals surface area contributed by atoms with Crippen molar-refractivity contribution < 1.29 is 0 Å². The van der Waals surface area contributed by atoms with E-state index in [0.717, 1.165) is 35.7 Å². The second kappa shape index (κ2) is 8.52. The van der Waals surface area contributed by atoms with Gasteiger partial charge >= 0.3 is 0 Å². The molecule has 0 unspecified atom stereocenters. The SMILES string of the molecule is C=Cc1cccc([Si]C(C)(N(CC)CC)N(CC)CC)c1. The summed E-state index contributed by atoms with van der Waals surface area (Å²) in [5.41, 5.74) is 1.21. The van der Waals surface area contributed by atoms with Crippen LogP contribution < -0.4 is 5.19 Å². The molecule has 1 aromatic rings. The predicted molar refractivity (Wildman–Crippen MR) is 96.2 cm³/mol. The maximum Gasteiger partial charge on any atom is 0.127 e. The molecule has 0 aliphatic heterocycles. The van der Waals surface area contributed by atoms with Gasteiger partial charge in [-0.15, -0.1) is 0 Å². The number of hydrogen-bond acceptors (Lipinski definition) is 2. The van der Waals surface area contributed by atoms with Crippen LogP contribution in [0.3, 0.4) is 0 Å². The molecule has 116 valence electrons. The largest absolute Gasteiger partial charge is 0.289 e. The van der Waals surface area contributed by atoms with Crippen LogP contribution in [-0.2, 0) is 0 Å². The summed E-state index contributed by atoms with van der Waals surface area (Å²) < 4.78 is 0. The first-order chi connectivity index (χ1) is 10.0. The Morgan fingerprint density at radius 2 is 1.57 bits per heavy atom.